The molecule has 0 saturated heterocycles. The predicted octanol–water partition coefficient (Wildman–Crippen LogP) is 4.44. The molecule has 0 atom stereocenters. The van der Waals surface area contributed by atoms with Crippen molar-refractivity contribution in [2.24, 2.45) is 0 Å². The van der Waals surface area contributed by atoms with Gasteiger partial charge in [-0.25, -0.2) is 4.68 Å². The number of hydrogen-bond acceptors (Lipinski definition) is 3. The number of nitrogens with zero attached hydrogens (tertiary/aromatic N) is 2. The fourth-order valence-electron chi connectivity index (χ4n) is 3.25. The number of aromatic nitrogens is 2. The lowest BCUT2D eigenvalue weighted by Crippen LogP contribution is -2.25. The van der Waals surface area contributed by atoms with Gasteiger partial charge in [-0.2, -0.15) is 5.10 Å². The van der Waals surface area contributed by atoms with Crippen molar-refractivity contribution < 1.29 is 9.53 Å². The van der Waals surface area contributed by atoms with Gasteiger partial charge in [0.05, 0.1) is 23.5 Å². The third-order valence-corrected chi connectivity index (χ3v) is 5.08. The zero-order valence-electron chi connectivity index (χ0n) is 17.0. The van der Waals surface area contributed by atoms with Gasteiger partial charge in [-0.1, -0.05) is 29.8 Å². The quantitative estimate of drug-likeness (QED) is 0.596. The van der Waals surface area contributed by atoms with Crippen LogP contribution >= 0.6 is 11.6 Å². The summed E-state index contributed by atoms with van der Waals surface area (Å²) in [7, 11) is 1.58. The second-order valence-corrected chi connectivity index (χ2v) is 7.48. The van der Waals surface area contributed by atoms with E-state index in [-0.39, 0.29) is 5.91 Å². The minimum absolute atomic E-state index is 0.0381. The molecule has 0 fully saturated rings. The molecule has 1 N–H and O–H groups in total. The van der Waals surface area contributed by atoms with Gasteiger partial charge in [0, 0.05) is 18.7 Å². The average molecular weight is 412 g/mol. The minimum Gasteiger partial charge on any atom is -0.495 e. The van der Waals surface area contributed by atoms with Crippen molar-refractivity contribution in [1.82, 2.24) is 15.1 Å². The van der Waals surface area contributed by atoms with Crippen LogP contribution in [0.5, 0.6) is 5.75 Å². The van der Waals surface area contributed by atoms with Gasteiger partial charge in [-0.3, -0.25) is 4.79 Å². The van der Waals surface area contributed by atoms with Crippen molar-refractivity contribution >= 4 is 17.5 Å². The third-order valence-electron chi connectivity index (χ3n) is 4.78. The van der Waals surface area contributed by atoms with Gasteiger partial charge >= 0.3 is 0 Å². The fraction of sp³-hybridized carbons (Fsp3) is 0.304. The molecule has 152 valence electrons. The van der Waals surface area contributed by atoms with Crippen molar-refractivity contribution in [2.75, 3.05) is 13.7 Å². The van der Waals surface area contributed by atoms with Gasteiger partial charge in [-0.05, 0) is 68.1 Å². The summed E-state index contributed by atoms with van der Waals surface area (Å²) >= 11 is 6.13. The van der Waals surface area contributed by atoms with Gasteiger partial charge in [0.25, 0.3) is 0 Å². The Balaban J connectivity index is 1.44. The second kappa shape index (κ2) is 9.61. The highest BCUT2D eigenvalue weighted by molar-refractivity contribution is 6.32. The van der Waals surface area contributed by atoms with Crippen LogP contribution in [0.4, 0.5) is 0 Å². The molecule has 1 aromatic heterocycles. The normalized spacial score (nSPS) is 10.8. The van der Waals surface area contributed by atoms with Crippen LogP contribution in [0.15, 0.2) is 48.5 Å². The topological polar surface area (TPSA) is 56.1 Å². The first-order valence-corrected chi connectivity index (χ1v) is 10.1. The van der Waals surface area contributed by atoms with Crippen LogP contribution in [-0.2, 0) is 17.6 Å². The van der Waals surface area contributed by atoms with Crippen molar-refractivity contribution in [1.29, 1.82) is 0 Å². The molecule has 0 aliphatic rings. The molecule has 3 rings (SSSR count). The zero-order chi connectivity index (χ0) is 20.8. The van der Waals surface area contributed by atoms with Crippen LogP contribution in [0, 0.1) is 13.8 Å². The largest absolute Gasteiger partial charge is 0.495 e. The van der Waals surface area contributed by atoms with Crippen LogP contribution in [0.2, 0.25) is 5.02 Å². The summed E-state index contributed by atoms with van der Waals surface area (Å²) in [6.07, 6.45) is 1.86. The average Bonchev–Trinajstić information content (AvgIpc) is 3.05. The van der Waals surface area contributed by atoms with Crippen LogP contribution in [0.3, 0.4) is 0 Å². The number of nitrogens with one attached hydrogen (secondary N) is 1. The first-order valence-electron chi connectivity index (χ1n) is 9.68. The number of hydrogen-bond donors (Lipinski definition) is 1. The first-order chi connectivity index (χ1) is 14.0. The first kappa shape index (κ1) is 20.9. The molecule has 0 radical (unpaired) electrons. The minimum atomic E-state index is 0.0381. The van der Waals surface area contributed by atoms with Gasteiger partial charge in [0.1, 0.15) is 5.75 Å². The van der Waals surface area contributed by atoms with Gasteiger partial charge < -0.3 is 10.1 Å². The van der Waals surface area contributed by atoms with E-state index in [1.54, 1.807) is 7.11 Å². The van der Waals surface area contributed by atoms with E-state index in [4.69, 9.17) is 16.3 Å². The third kappa shape index (κ3) is 5.61. The lowest BCUT2D eigenvalue weighted by atomic mass is 10.1. The molecule has 1 heterocycles. The number of aryl methyl sites for hydroxylation is 3. The highest BCUT2D eigenvalue weighted by atomic mass is 35.5. The highest BCUT2D eigenvalue weighted by Crippen LogP contribution is 2.25. The maximum atomic E-state index is 12.1. The predicted molar refractivity (Wildman–Crippen MR) is 116 cm³/mol. The Labute approximate surface area is 176 Å². The van der Waals surface area contributed by atoms with E-state index >= 15 is 0 Å². The van der Waals surface area contributed by atoms with E-state index in [1.807, 2.05) is 36.7 Å². The molecular formula is C23H26ClN3O2. The van der Waals surface area contributed by atoms with Crippen LogP contribution in [0.1, 0.15) is 28.9 Å². The monoisotopic (exact) mass is 411 g/mol. The summed E-state index contributed by atoms with van der Waals surface area (Å²) in [6.45, 7) is 4.65. The standard InChI is InChI=1S/C23H26ClN3O2/c1-16-14-17(2)27(26-16)20-8-4-18(5-9-20)12-13-25-23(28)11-7-19-6-10-22(29-3)21(24)15-19/h4-6,8-10,14-15H,7,11-13H2,1-3H3,(H,25,28). The van der Waals surface area contributed by atoms with E-state index < -0.39 is 0 Å². The number of carbonyl (C=O) groups is 1. The molecule has 2 aromatic carbocycles. The van der Waals surface area contributed by atoms with E-state index in [1.165, 1.54) is 5.56 Å². The molecular weight excluding hydrogens is 386 g/mol. The Morgan fingerprint density at radius 2 is 1.79 bits per heavy atom. The second-order valence-electron chi connectivity index (χ2n) is 7.07. The van der Waals surface area contributed by atoms with E-state index in [2.05, 4.69) is 40.7 Å². The van der Waals surface area contributed by atoms with Crippen LogP contribution < -0.4 is 10.1 Å². The number of rotatable bonds is 8. The molecule has 0 aliphatic carbocycles. The summed E-state index contributed by atoms with van der Waals surface area (Å²) in [5.41, 5.74) is 5.36. The van der Waals surface area contributed by atoms with Crippen molar-refractivity contribution in [3.05, 3.63) is 76.1 Å². The van der Waals surface area contributed by atoms with Crippen molar-refractivity contribution in [2.45, 2.75) is 33.1 Å². The molecule has 0 spiro atoms. The van der Waals surface area contributed by atoms with Gasteiger partial charge in [-0.15, -0.1) is 0 Å². The summed E-state index contributed by atoms with van der Waals surface area (Å²) < 4.78 is 7.08. The molecule has 29 heavy (non-hydrogen) atoms. The molecule has 6 heteroatoms. The molecule has 3 aromatic rings. The molecule has 5 nitrogen and oxygen atoms in total. The van der Waals surface area contributed by atoms with E-state index in [9.17, 15) is 4.79 Å². The number of carbonyl (C=O) groups excluding carboxylic acids is 1. The summed E-state index contributed by atoms with van der Waals surface area (Å²) in [6, 6.07) is 15.9. The molecule has 0 aliphatic heterocycles. The Morgan fingerprint density at radius 1 is 1.07 bits per heavy atom. The van der Waals surface area contributed by atoms with E-state index in [0.29, 0.717) is 30.2 Å². The maximum absolute atomic E-state index is 12.1. The molecule has 0 bridgehead atoms. The number of amides is 1. The highest BCUT2D eigenvalue weighted by Gasteiger charge is 2.06. The summed E-state index contributed by atoms with van der Waals surface area (Å²) in [5.74, 6) is 0.681. The molecule has 0 saturated carbocycles. The Morgan fingerprint density at radius 3 is 2.41 bits per heavy atom. The van der Waals surface area contributed by atoms with Crippen LogP contribution in [0.25, 0.3) is 5.69 Å². The Hall–Kier alpha value is -2.79. The fourth-order valence-corrected chi connectivity index (χ4v) is 3.53. The van der Waals surface area contributed by atoms with Gasteiger partial charge in [0.2, 0.25) is 5.91 Å². The smallest absolute Gasteiger partial charge is 0.220 e. The molecule has 1 amide bonds. The van der Waals surface area contributed by atoms with Crippen LogP contribution in [-0.4, -0.2) is 29.3 Å². The number of methoxy groups -OCH3 is 1. The van der Waals surface area contributed by atoms with Crippen molar-refractivity contribution in [3.8, 4) is 11.4 Å². The van der Waals surface area contributed by atoms with E-state index in [0.717, 1.165) is 29.1 Å². The Bertz CT molecular complexity index is 980. The van der Waals surface area contributed by atoms with Crippen molar-refractivity contribution in [3.63, 3.8) is 0 Å². The summed E-state index contributed by atoms with van der Waals surface area (Å²) in [5, 5.41) is 8.05. The lowest BCUT2D eigenvalue weighted by Gasteiger charge is -2.08. The Kier molecular flexibility index (Phi) is 6.94. The lowest BCUT2D eigenvalue weighted by molar-refractivity contribution is -0.121. The maximum Gasteiger partial charge on any atom is 0.220 e. The zero-order valence-corrected chi connectivity index (χ0v) is 17.8. The SMILES string of the molecule is COc1ccc(CCC(=O)NCCc2ccc(-n3nc(C)cc3C)cc2)cc1Cl. The number of halogens is 1. The summed E-state index contributed by atoms with van der Waals surface area (Å²) in [4.78, 5) is 12.1. The molecule has 0 unspecified atom stereocenters. The number of ether oxygens (including phenoxy) is 1. The number of benzene rings is 2. The van der Waals surface area contributed by atoms with Gasteiger partial charge in [0.15, 0.2) is 0 Å².